The molecule has 1 saturated carbocycles. The maximum atomic E-state index is 12.2. The van der Waals surface area contributed by atoms with Crippen LogP contribution in [0.15, 0.2) is 22.9 Å². The quantitative estimate of drug-likeness (QED) is 0.749. The van der Waals surface area contributed by atoms with Crippen LogP contribution in [0.2, 0.25) is 0 Å². The van der Waals surface area contributed by atoms with E-state index in [2.05, 4.69) is 31.5 Å². The molecule has 0 unspecified atom stereocenters. The molecule has 0 aliphatic heterocycles. The van der Waals surface area contributed by atoms with E-state index in [0.29, 0.717) is 30.5 Å². The van der Waals surface area contributed by atoms with Gasteiger partial charge in [0.2, 0.25) is 0 Å². The number of hydrogen-bond acceptors (Lipinski definition) is 4. The van der Waals surface area contributed by atoms with Crippen molar-refractivity contribution in [2.45, 2.75) is 52.1 Å². The summed E-state index contributed by atoms with van der Waals surface area (Å²) in [7, 11) is 0. The monoisotopic (exact) mass is 425 g/mol. The molecule has 0 saturated heterocycles. The average molecular weight is 426 g/mol. The van der Waals surface area contributed by atoms with E-state index in [1.165, 1.54) is 0 Å². The molecule has 26 heavy (non-hydrogen) atoms. The van der Waals surface area contributed by atoms with Crippen LogP contribution >= 0.6 is 15.9 Å². The maximum absolute atomic E-state index is 12.2. The van der Waals surface area contributed by atoms with Gasteiger partial charge in [0, 0.05) is 30.0 Å². The summed E-state index contributed by atoms with van der Waals surface area (Å²) in [5.41, 5.74) is 0.0960. The smallest absolute Gasteiger partial charge is 0.407 e. The van der Waals surface area contributed by atoms with Crippen LogP contribution in [-0.2, 0) is 4.74 Å². The Balaban J connectivity index is 1.65. The Labute approximate surface area is 163 Å². The van der Waals surface area contributed by atoms with Crippen molar-refractivity contribution < 1.29 is 14.3 Å². The highest BCUT2D eigenvalue weighted by Crippen LogP contribution is 2.28. The van der Waals surface area contributed by atoms with Gasteiger partial charge < -0.3 is 15.4 Å². The summed E-state index contributed by atoms with van der Waals surface area (Å²) >= 11 is 3.32. The standard InChI is InChI=1S/C19H28BrN3O3/c1-19(2,3)26-18(25)23-10-14-6-4-13(5-7-14)9-22-17(24)15-8-16(20)12-21-11-15/h8,11-14H,4-7,9-10H2,1-3H3,(H,22,24)(H,23,25). The summed E-state index contributed by atoms with van der Waals surface area (Å²) in [4.78, 5) is 27.9. The van der Waals surface area contributed by atoms with Crippen molar-refractivity contribution in [3.63, 3.8) is 0 Å². The molecule has 2 rings (SSSR count). The highest BCUT2D eigenvalue weighted by molar-refractivity contribution is 9.10. The molecule has 0 spiro atoms. The topological polar surface area (TPSA) is 80.3 Å². The Hall–Kier alpha value is -1.63. The molecule has 1 heterocycles. The molecule has 0 radical (unpaired) electrons. The van der Waals surface area contributed by atoms with E-state index in [-0.39, 0.29) is 12.0 Å². The third-order valence-electron chi connectivity index (χ3n) is 4.42. The predicted molar refractivity (Wildman–Crippen MR) is 104 cm³/mol. The molecule has 1 aliphatic carbocycles. The second-order valence-corrected chi connectivity index (χ2v) is 8.79. The van der Waals surface area contributed by atoms with Crippen LogP contribution in [0.4, 0.5) is 4.79 Å². The Morgan fingerprint density at radius 1 is 1.12 bits per heavy atom. The summed E-state index contributed by atoms with van der Waals surface area (Å²) in [6, 6.07) is 1.77. The van der Waals surface area contributed by atoms with Gasteiger partial charge in [0.15, 0.2) is 0 Å². The zero-order chi connectivity index (χ0) is 19.2. The minimum Gasteiger partial charge on any atom is -0.444 e. The lowest BCUT2D eigenvalue weighted by Gasteiger charge is -2.29. The van der Waals surface area contributed by atoms with Gasteiger partial charge in [-0.05, 0) is 80.3 Å². The lowest BCUT2D eigenvalue weighted by Crippen LogP contribution is -2.37. The van der Waals surface area contributed by atoms with Crippen molar-refractivity contribution in [2.24, 2.45) is 11.8 Å². The zero-order valence-electron chi connectivity index (χ0n) is 15.7. The lowest BCUT2D eigenvalue weighted by atomic mass is 9.82. The third kappa shape index (κ3) is 7.32. The number of hydrogen-bond donors (Lipinski definition) is 2. The average Bonchev–Trinajstić information content (AvgIpc) is 2.57. The highest BCUT2D eigenvalue weighted by atomic mass is 79.9. The molecule has 2 N–H and O–H groups in total. The van der Waals surface area contributed by atoms with Gasteiger partial charge in [-0.25, -0.2) is 4.79 Å². The van der Waals surface area contributed by atoms with Crippen LogP contribution in [0, 0.1) is 11.8 Å². The van der Waals surface area contributed by atoms with E-state index in [1.807, 2.05) is 20.8 Å². The molecule has 0 atom stereocenters. The minimum absolute atomic E-state index is 0.0903. The van der Waals surface area contributed by atoms with Crippen molar-refractivity contribution in [1.29, 1.82) is 0 Å². The fourth-order valence-corrected chi connectivity index (χ4v) is 3.42. The first-order valence-electron chi connectivity index (χ1n) is 9.08. The first-order valence-corrected chi connectivity index (χ1v) is 9.88. The first kappa shape index (κ1) is 20.7. The Bertz CT molecular complexity index is 623. The van der Waals surface area contributed by atoms with Crippen molar-refractivity contribution >= 4 is 27.9 Å². The molecule has 1 aromatic heterocycles. The molecule has 1 aromatic rings. The number of amides is 2. The van der Waals surface area contributed by atoms with Crippen LogP contribution in [0.5, 0.6) is 0 Å². The first-order chi connectivity index (χ1) is 12.2. The fourth-order valence-electron chi connectivity index (χ4n) is 3.06. The van der Waals surface area contributed by atoms with Crippen LogP contribution in [0.25, 0.3) is 0 Å². The molecule has 6 nitrogen and oxygen atoms in total. The number of halogens is 1. The van der Waals surface area contributed by atoms with E-state index in [1.54, 1.807) is 18.5 Å². The zero-order valence-corrected chi connectivity index (χ0v) is 17.3. The van der Waals surface area contributed by atoms with Gasteiger partial charge in [-0.1, -0.05) is 0 Å². The summed E-state index contributed by atoms with van der Waals surface area (Å²) in [6.07, 6.45) is 7.08. The summed E-state index contributed by atoms with van der Waals surface area (Å²) in [6.45, 7) is 6.90. The number of carbonyl (C=O) groups excluding carboxylic acids is 2. The number of rotatable bonds is 5. The van der Waals surface area contributed by atoms with E-state index >= 15 is 0 Å². The number of carbonyl (C=O) groups is 2. The van der Waals surface area contributed by atoms with Crippen LogP contribution < -0.4 is 10.6 Å². The van der Waals surface area contributed by atoms with Crippen molar-refractivity contribution in [3.8, 4) is 0 Å². The van der Waals surface area contributed by atoms with Gasteiger partial charge in [0.25, 0.3) is 5.91 Å². The Morgan fingerprint density at radius 2 is 1.69 bits per heavy atom. The molecule has 7 heteroatoms. The SMILES string of the molecule is CC(C)(C)OC(=O)NCC1CCC(CNC(=O)c2cncc(Br)c2)CC1. The second kappa shape index (κ2) is 9.35. The molecule has 0 bridgehead atoms. The minimum atomic E-state index is -0.468. The molecule has 144 valence electrons. The Morgan fingerprint density at radius 3 is 2.23 bits per heavy atom. The lowest BCUT2D eigenvalue weighted by molar-refractivity contribution is 0.0512. The summed E-state index contributed by atoms with van der Waals surface area (Å²) in [5.74, 6) is 0.869. The third-order valence-corrected chi connectivity index (χ3v) is 4.85. The summed E-state index contributed by atoms with van der Waals surface area (Å²) < 4.78 is 6.05. The van der Waals surface area contributed by atoms with E-state index < -0.39 is 5.60 Å². The molecular formula is C19H28BrN3O3. The largest absolute Gasteiger partial charge is 0.444 e. The maximum Gasteiger partial charge on any atom is 0.407 e. The second-order valence-electron chi connectivity index (χ2n) is 7.87. The van der Waals surface area contributed by atoms with Crippen LogP contribution in [0.3, 0.4) is 0 Å². The number of alkyl carbamates (subject to hydrolysis) is 1. The number of nitrogens with one attached hydrogen (secondary N) is 2. The normalized spacial score (nSPS) is 20.3. The number of pyridine rings is 1. The number of ether oxygens (including phenoxy) is 1. The Kier molecular flexibility index (Phi) is 7.43. The van der Waals surface area contributed by atoms with Gasteiger partial charge in [-0.3, -0.25) is 9.78 Å². The van der Waals surface area contributed by atoms with Crippen molar-refractivity contribution in [3.05, 3.63) is 28.5 Å². The summed E-state index contributed by atoms with van der Waals surface area (Å²) in [5, 5.41) is 5.86. The van der Waals surface area contributed by atoms with Crippen molar-refractivity contribution in [2.75, 3.05) is 13.1 Å². The number of nitrogens with zero attached hydrogens (tertiary/aromatic N) is 1. The van der Waals surface area contributed by atoms with Gasteiger partial charge in [-0.2, -0.15) is 0 Å². The van der Waals surface area contributed by atoms with Crippen molar-refractivity contribution in [1.82, 2.24) is 15.6 Å². The molecular weight excluding hydrogens is 398 g/mol. The van der Waals surface area contributed by atoms with E-state index in [4.69, 9.17) is 4.74 Å². The highest BCUT2D eigenvalue weighted by Gasteiger charge is 2.23. The molecule has 1 fully saturated rings. The van der Waals surface area contributed by atoms with Gasteiger partial charge in [0.1, 0.15) is 5.60 Å². The van der Waals surface area contributed by atoms with Gasteiger partial charge in [-0.15, -0.1) is 0 Å². The molecule has 2 amide bonds. The molecule has 1 aliphatic rings. The van der Waals surface area contributed by atoms with E-state index in [9.17, 15) is 9.59 Å². The molecule has 0 aromatic carbocycles. The van der Waals surface area contributed by atoms with Gasteiger partial charge in [0.05, 0.1) is 5.56 Å². The fraction of sp³-hybridized carbons (Fsp3) is 0.632. The van der Waals surface area contributed by atoms with Gasteiger partial charge >= 0.3 is 6.09 Å². The van der Waals surface area contributed by atoms with Crippen LogP contribution in [0.1, 0.15) is 56.8 Å². The van der Waals surface area contributed by atoms with E-state index in [0.717, 1.165) is 30.2 Å². The predicted octanol–water partition coefficient (Wildman–Crippen LogP) is 3.91. The van der Waals surface area contributed by atoms with Crippen LogP contribution in [-0.4, -0.2) is 35.7 Å². The number of aromatic nitrogens is 1.